The molecule has 1 aromatic carbocycles. The summed E-state index contributed by atoms with van der Waals surface area (Å²) < 4.78 is 12.0. The van der Waals surface area contributed by atoms with Gasteiger partial charge in [-0.05, 0) is 56.4 Å². The molecule has 4 aliphatic rings. The van der Waals surface area contributed by atoms with Crippen LogP contribution in [0.3, 0.4) is 0 Å². The minimum atomic E-state index is 0.0508. The number of piperazine rings is 1. The second-order valence-corrected chi connectivity index (χ2v) is 10.3. The lowest BCUT2D eigenvalue weighted by molar-refractivity contribution is 0.0557. The van der Waals surface area contributed by atoms with Crippen LogP contribution in [-0.2, 0) is 4.74 Å². The Morgan fingerprint density at radius 3 is 2.75 bits per heavy atom. The molecule has 1 aliphatic carbocycles. The van der Waals surface area contributed by atoms with Gasteiger partial charge >= 0.3 is 0 Å². The van der Waals surface area contributed by atoms with E-state index >= 15 is 0 Å². The summed E-state index contributed by atoms with van der Waals surface area (Å²) in [5.74, 6) is 2.46. The van der Waals surface area contributed by atoms with Crippen LogP contribution in [0.15, 0.2) is 41.2 Å². The Balaban J connectivity index is 1.22. The van der Waals surface area contributed by atoms with Gasteiger partial charge in [-0.25, -0.2) is 4.99 Å². The van der Waals surface area contributed by atoms with Crippen molar-refractivity contribution in [2.24, 2.45) is 4.99 Å². The Labute approximate surface area is 192 Å². The Kier molecular flexibility index (Phi) is 6.17. The third-order valence-electron chi connectivity index (χ3n) is 7.56. The molecule has 0 amide bonds. The first-order chi connectivity index (χ1) is 15.5. The second-order valence-electron chi connectivity index (χ2n) is 10.3. The zero-order chi connectivity index (χ0) is 22.1. The molecule has 3 atom stereocenters. The maximum atomic E-state index is 6.21. The number of ether oxygens (including phenoxy) is 2. The number of hydrogen-bond donors (Lipinski definition) is 0. The smallest absolute Gasteiger partial charge is 0.128 e. The molecule has 0 spiro atoms. The average Bonchev–Trinajstić information content (AvgIpc) is 3.30. The van der Waals surface area contributed by atoms with Gasteiger partial charge in [0.25, 0.3) is 0 Å². The molecule has 3 unspecified atom stereocenters. The van der Waals surface area contributed by atoms with Crippen LogP contribution in [0, 0.1) is 0 Å². The van der Waals surface area contributed by atoms with Crippen LogP contribution < -0.4 is 4.74 Å². The van der Waals surface area contributed by atoms with Gasteiger partial charge < -0.3 is 19.3 Å². The van der Waals surface area contributed by atoms with E-state index in [2.05, 4.69) is 65.9 Å². The lowest BCUT2D eigenvalue weighted by Crippen LogP contribution is -2.48. The van der Waals surface area contributed by atoms with Crippen LogP contribution in [0.4, 0.5) is 0 Å². The Hall–Kier alpha value is -2.05. The van der Waals surface area contributed by atoms with Gasteiger partial charge in [-0.2, -0.15) is 0 Å². The van der Waals surface area contributed by atoms with Gasteiger partial charge in [0.1, 0.15) is 17.2 Å². The molecule has 174 valence electrons. The van der Waals surface area contributed by atoms with Gasteiger partial charge in [-0.1, -0.05) is 19.1 Å². The molecule has 1 aromatic rings. The van der Waals surface area contributed by atoms with E-state index in [1.165, 1.54) is 18.4 Å². The van der Waals surface area contributed by atoms with Crippen molar-refractivity contribution in [1.29, 1.82) is 0 Å². The first-order valence-electron chi connectivity index (χ1n) is 12.3. The molecule has 5 rings (SSSR count). The van der Waals surface area contributed by atoms with E-state index in [9.17, 15) is 0 Å². The highest BCUT2D eigenvalue weighted by Gasteiger charge is 2.40. The van der Waals surface area contributed by atoms with Crippen molar-refractivity contribution in [2.75, 3.05) is 46.4 Å². The SMILES string of the molecule is CC(c1cccc(OC2(C)CC2)c1)C1C=C(N2CCN(CC3CCCO3)CC2)N=CN1C. The van der Waals surface area contributed by atoms with Crippen molar-refractivity contribution < 1.29 is 9.47 Å². The molecule has 0 N–H and O–H groups in total. The maximum absolute atomic E-state index is 6.21. The van der Waals surface area contributed by atoms with Gasteiger partial charge in [0.2, 0.25) is 0 Å². The topological polar surface area (TPSA) is 40.5 Å². The van der Waals surface area contributed by atoms with E-state index < -0.39 is 0 Å². The summed E-state index contributed by atoms with van der Waals surface area (Å²) in [6, 6.07) is 8.94. The van der Waals surface area contributed by atoms with Gasteiger partial charge in [-0.3, -0.25) is 4.90 Å². The van der Waals surface area contributed by atoms with Crippen LogP contribution in [0.1, 0.15) is 51.0 Å². The van der Waals surface area contributed by atoms with Gasteiger partial charge in [0, 0.05) is 52.3 Å². The average molecular weight is 439 g/mol. The van der Waals surface area contributed by atoms with Crippen LogP contribution in [0.25, 0.3) is 0 Å². The minimum Gasteiger partial charge on any atom is -0.488 e. The van der Waals surface area contributed by atoms with E-state index in [-0.39, 0.29) is 11.6 Å². The van der Waals surface area contributed by atoms with Crippen molar-refractivity contribution in [3.8, 4) is 5.75 Å². The fourth-order valence-electron chi connectivity index (χ4n) is 5.08. The van der Waals surface area contributed by atoms with E-state index in [0.29, 0.717) is 12.0 Å². The Morgan fingerprint density at radius 1 is 1.22 bits per heavy atom. The molecule has 32 heavy (non-hydrogen) atoms. The molecular formula is C26H38N4O2. The van der Waals surface area contributed by atoms with Crippen LogP contribution in [0.5, 0.6) is 5.75 Å². The van der Waals surface area contributed by atoms with Crippen molar-refractivity contribution in [1.82, 2.24) is 14.7 Å². The number of nitrogens with zero attached hydrogens (tertiary/aromatic N) is 4. The number of aliphatic imine (C=N–C) groups is 1. The molecule has 1 saturated carbocycles. The van der Waals surface area contributed by atoms with Crippen LogP contribution >= 0.6 is 0 Å². The van der Waals surface area contributed by atoms with E-state index in [0.717, 1.165) is 63.7 Å². The van der Waals surface area contributed by atoms with Gasteiger partial charge in [0.15, 0.2) is 0 Å². The summed E-state index contributed by atoms with van der Waals surface area (Å²) >= 11 is 0. The summed E-state index contributed by atoms with van der Waals surface area (Å²) in [7, 11) is 2.13. The molecular weight excluding hydrogens is 400 g/mol. The maximum Gasteiger partial charge on any atom is 0.128 e. The summed E-state index contributed by atoms with van der Waals surface area (Å²) in [6.07, 6.45) is 9.54. The monoisotopic (exact) mass is 438 g/mol. The third kappa shape index (κ3) is 4.96. The zero-order valence-electron chi connectivity index (χ0n) is 19.9. The Morgan fingerprint density at radius 2 is 2.03 bits per heavy atom. The summed E-state index contributed by atoms with van der Waals surface area (Å²) in [5.41, 5.74) is 1.37. The standard InChI is InChI=1S/C26H38N4O2/c1-20(21-6-4-7-22(16-21)32-26(2)9-10-26)24-17-25(27-19-28(24)3)30-13-11-29(12-14-30)18-23-8-5-15-31-23/h4,6-7,16-17,19-20,23-24H,5,8-15,18H2,1-3H3. The largest absolute Gasteiger partial charge is 0.488 e. The minimum absolute atomic E-state index is 0.0508. The van der Waals surface area contributed by atoms with Crippen molar-refractivity contribution in [2.45, 2.75) is 63.2 Å². The molecule has 3 aliphatic heterocycles. The van der Waals surface area contributed by atoms with Crippen LogP contribution in [0.2, 0.25) is 0 Å². The first-order valence-corrected chi connectivity index (χ1v) is 12.3. The molecule has 0 radical (unpaired) electrons. The molecule has 6 nitrogen and oxygen atoms in total. The lowest BCUT2D eigenvalue weighted by Gasteiger charge is -2.39. The highest BCUT2D eigenvalue weighted by Crippen LogP contribution is 2.40. The molecule has 3 heterocycles. The van der Waals surface area contributed by atoms with E-state index in [1.807, 2.05) is 6.34 Å². The first kappa shape index (κ1) is 21.8. The predicted octanol–water partition coefficient (Wildman–Crippen LogP) is 3.70. The summed E-state index contributed by atoms with van der Waals surface area (Å²) in [4.78, 5) is 12.0. The van der Waals surface area contributed by atoms with Crippen LogP contribution in [-0.4, -0.2) is 85.2 Å². The number of rotatable bonds is 7. The summed E-state index contributed by atoms with van der Waals surface area (Å²) in [5, 5.41) is 0. The predicted molar refractivity (Wildman–Crippen MR) is 128 cm³/mol. The zero-order valence-corrected chi connectivity index (χ0v) is 19.9. The highest BCUT2D eigenvalue weighted by molar-refractivity contribution is 5.60. The Bertz CT molecular complexity index is 851. The molecule has 2 saturated heterocycles. The molecule has 0 bridgehead atoms. The van der Waals surface area contributed by atoms with E-state index in [1.54, 1.807) is 0 Å². The quantitative estimate of drug-likeness (QED) is 0.649. The highest BCUT2D eigenvalue weighted by atomic mass is 16.5. The second kappa shape index (κ2) is 9.06. The molecule has 6 heteroatoms. The fourth-order valence-corrected chi connectivity index (χ4v) is 5.08. The lowest BCUT2D eigenvalue weighted by atomic mass is 9.91. The van der Waals surface area contributed by atoms with Crippen molar-refractivity contribution >= 4 is 6.34 Å². The number of likely N-dealkylation sites (N-methyl/N-ethyl adjacent to an activating group) is 1. The van der Waals surface area contributed by atoms with Crippen molar-refractivity contribution in [3.05, 3.63) is 41.7 Å². The van der Waals surface area contributed by atoms with Gasteiger partial charge in [0.05, 0.1) is 18.5 Å². The number of hydrogen-bond acceptors (Lipinski definition) is 6. The van der Waals surface area contributed by atoms with E-state index in [4.69, 9.17) is 14.5 Å². The van der Waals surface area contributed by atoms with Crippen molar-refractivity contribution in [3.63, 3.8) is 0 Å². The number of benzene rings is 1. The molecule has 0 aromatic heterocycles. The normalized spacial score (nSPS) is 28.5. The third-order valence-corrected chi connectivity index (χ3v) is 7.56. The molecule has 3 fully saturated rings. The summed E-state index contributed by atoms with van der Waals surface area (Å²) in [6.45, 7) is 10.8. The fraction of sp³-hybridized carbons (Fsp3) is 0.654. The van der Waals surface area contributed by atoms with Gasteiger partial charge in [-0.15, -0.1) is 0 Å².